The molecule has 19 heavy (non-hydrogen) atoms. The molecule has 1 atom stereocenters. The van der Waals surface area contributed by atoms with Gasteiger partial charge in [0.25, 0.3) is 0 Å². The van der Waals surface area contributed by atoms with E-state index in [4.69, 9.17) is 0 Å². The van der Waals surface area contributed by atoms with Crippen LogP contribution in [0.15, 0.2) is 36.7 Å². The first-order chi connectivity index (χ1) is 9.21. The third kappa shape index (κ3) is 2.25. The van der Waals surface area contributed by atoms with Crippen LogP contribution in [0.25, 0.3) is 10.8 Å². The minimum Gasteiger partial charge on any atom is -0.307 e. The molecule has 0 spiro atoms. The summed E-state index contributed by atoms with van der Waals surface area (Å²) in [4.78, 5) is 4.24. The summed E-state index contributed by atoms with van der Waals surface area (Å²) in [6.07, 6.45) is 7.59. The number of nitrogens with one attached hydrogen (secondary N) is 1. The normalized spacial score (nSPS) is 23.3. The third-order valence-electron chi connectivity index (χ3n) is 4.20. The Morgan fingerprint density at radius 3 is 2.95 bits per heavy atom. The summed E-state index contributed by atoms with van der Waals surface area (Å²) in [7, 11) is 0. The Morgan fingerprint density at radius 1 is 1.32 bits per heavy atom. The second-order valence-electron chi connectivity index (χ2n) is 6.11. The quantitative estimate of drug-likeness (QED) is 0.899. The first kappa shape index (κ1) is 12.6. The van der Waals surface area contributed by atoms with Gasteiger partial charge in [0.1, 0.15) is 0 Å². The van der Waals surface area contributed by atoms with Gasteiger partial charge in [-0.3, -0.25) is 4.98 Å². The van der Waals surface area contributed by atoms with E-state index in [1.807, 2.05) is 12.4 Å². The van der Waals surface area contributed by atoms with Crippen LogP contribution in [0, 0.1) is 5.92 Å². The summed E-state index contributed by atoms with van der Waals surface area (Å²) in [5.41, 5.74) is 1.62. The topological polar surface area (TPSA) is 24.9 Å². The highest BCUT2D eigenvalue weighted by Gasteiger charge is 2.36. The van der Waals surface area contributed by atoms with Crippen LogP contribution in [-0.2, 0) is 5.54 Å². The SMILES string of the molecule is CC(C)CC1(c2cccc3cnccc23)CCCN1. The predicted octanol–water partition coefficient (Wildman–Crippen LogP) is 3.86. The van der Waals surface area contributed by atoms with Crippen molar-refractivity contribution in [1.29, 1.82) is 0 Å². The Morgan fingerprint density at radius 2 is 2.21 bits per heavy atom. The van der Waals surface area contributed by atoms with Crippen LogP contribution in [0.4, 0.5) is 0 Å². The molecule has 0 radical (unpaired) electrons. The number of hydrogen-bond donors (Lipinski definition) is 1. The maximum Gasteiger partial charge on any atom is 0.0443 e. The maximum atomic E-state index is 4.24. The highest BCUT2D eigenvalue weighted by molar-refractivity contribution is 5.85. The number of benzene rings is 1. The monoisotopic (exact) mass is 254 g/mol. The lowest BCUT2D eigenvalue weighted by molar-refractivity contribution is 0.313. The fraction of sp³-hybridized carbons (Fsp3) is 0.471. The molecule has 1 aromatic heterocycles. The molecule has 0 saturated carbocycles. The lowest BCUT2D eigenvalue weighted by Crippen LogP contribution is -2.38. The van der Waals surface area contributed by atoms with E-state index in [1.165, 1.54) is 35.6 Å². The predicted molar refractivity (Wildman–Crippen MR) is 80.1 cm³/mol. The second kappa shape index (κ2) is 4.93. The van der Waals surface area contributed by atoms with Gasteiger partial charge in [0.05, 0.1) is 0 Å². The van der Waals surface area contributed by atoms with Crippen LogP contribution in [0.2, 0.25) is 0 Å². The van der Waals surface area contributed by atoms with E-state index in [0.29, 0.717) is 5.92 Å². The van der Waals surface area contributed by atoms with Crippen molar-refractivity contribution in [1.82, 2.24) is 10.3 Å². The van der Waals surface area contributed by atoms with E-state index in [9.17, 15) is 0 Å². The summed E-state index contributed by atoms with van der Waals surface area (Å²) in [6.45, 7) is 5.76. The van der Waals surface area contributed by atoms with Gasteiger partial charge in [-0.05, 0) is 48.7 Å². The summed E-state index contributed by atoms with van der Waals surface area (Å²) in [5.74, 6) is 0.697. The number of pyridine rings is 1. The lowest BCUT2D eigenvalue weighted by Gasteiger charge is -2.33. The Hall–Kier alpha value is -1.41. The molecule has 1 aromatic carbocycles. The summed E-state index contributed by atoms with van der Waals surface area (Å²) in [6, 6.07) is 8.78. The number of fused-ring (bicyclic) bond motifs is 1. The highest BCUT2D eigenvalue weighted by Crippen LogP contribution is 2.39. The number of nitrogens with zero attached hydrogens (tertiary/aromatic N) is 1. The highest BCUT2D eigenvalue weighted by atomic mass is 15.0. The van der Waals surface area contributed by atoms with Gasteiger partial charge >= 0.3 is 0 Å². The van der Waals surface area contributed by atoms with Gasteiger partial charge in [-0.1, -0.05) is 32.0 Å². The van der Waals surface area contributed by atoms with Crippen LogP contribution >= 0.6 is 0 Å². The van der Waals surface area contributed by atoms with E-state index in [2.05, 4.69) is 48.4 Å². The van der Waals surface area contributed by atoms with Crippen molar-refractivity contribution in [2.24, 2.45) is 5.92 Å². The molecule has 1 unspecified atom stereocenters. The average Bonchev–Trinajstić information content (AvgIpc) is 2.87. The van der Waals surface area contributed by atoms with E-state index in [1.54, 1.807) is 0 Å². The minimum absolute atomic E-state index is 0.162. The van der Waals surface area contributed by atoms with Crippen molar-refractivity contribution < 1.29 is 0 Å². The zero-order chi connectivity index (χ0) is 13.3. The molecule has 0 bridgehead atoms. The fourth-order valence-corrected chi connectivity index (χ4v) is 3.56. The molecule has 2 heteroatoms. The minimum atomic E-state index is 0.162. The van der Waals surface area contributed by atoms with Gasteiger partial charge in [0.2, 0.25) is 0 Å². The lowest BCUT2D eigenvalue weighted by atomic mass is 9.79. The van der Waals surface area contributed by atoms with Gasteiger partial charge in [0.15, 0.2) is 0 Å². The van der Waals surface area contributed by atoms with Crippen LogP contribution < -0.4 is 5.32 Å². The average molecular weight is 254 g/mol. The zero-order valence-corrected chi connectivity index (χ0v) is 11.8. The van der Waals surface area contributed by atoms with Crippen molar-refractivity contribution in [2.45, 2.75) is 38.6 Å². The summed E-state index contributed by atoms with van der Waals surface area (Å²) < 4.78 is 0. The van der Waals surface area contributed by atoms with Crippen molar-refractivity contribution in [3.8, 4) is 0 Å². The van der Waals surface area contributed by atoms with Gasteiger partial charge in [0, 0.05) is 23.3 Å². The van der Waals surface area contributed by atoms with Gasteiger partial charge in [-0.2, -0.15) is 0 Å². The molecule has 1 fully saturated rings. The molecule has 0 aliphatic carbocycles. The van der Waals surface area contributed by atoms with Gasteiger partial charge in [-0.25, -0.2) is 0 Å². The molecule has 0 amide bonds. The van der Waals surface area contributed by atoms with Crippen LogP contribution in [0.3, 0.4) is 0 Å². The van der Waals surface area contributed by atoms with Gasteiger partial charge < -0.3 is 5.32 Å². The van der Waals surface area contributed by atoms with Crippen molar-refractivity contribution >= 4 is 10.8 Å². The molecule has 1 N–H and O–H groups in total. The first-order valence-corrected chi connectivity index (χ1v) is 7.29. The van der Waals surface area contributed by atoms with Crippen LogP contribution in [-0.4, -0.2) is 11.5 Å². The molecule has 3 rings (SSSR count). The Bertz CT molecular complexity index is 563. The molecule has 2 nitrogen and oxygen atoms in total. The molecule has 2 heterocycles. The molecule has 1 saturated heterocycles. The Kier molecular flexibility index (Phi) is 3.28. The van der Waals surface area contributed by atoms with E-state index < -0.39 is 0 Å². The third-order valence-corrected chi connectivity index (χ3v) is 4.20. The van der Waals surface area contributed by atoms with Gasteiger partial charge in [-0.15, -0.1) is 0 Å². The molecule has 1 aliphatic rings. The zero-order valence-electron chi connectivity index (χ0n) is 11.8. The maximum absolute atomic E-state index is 4.24. The number of aromatic nitrogens is 1. The molecule has 1 aliphatic heterocycles. The van der Waals surface area contributed by atoms with Crippen LogP contribution in [0.5, 0.6) is 0 Å². The molecule has 2 aromatic rings. The van der Waals surface area contributed by atoms with Crippen molar-refractivity contribution in [3.05, 3.63) is 42.2 Å². The Labute approximate surface area is 115 Å². The number of rotatable bonds is 3. The smallest absolute Gasteiger partial charge is 0.0443 e. The summed E-state index contributed by atoms with van der Waals surface area (Å²) in [5, 5.41) is 6.39. The van der Waals surface area contributed by atoms with E-state index >= 15 is 0 Å². The molecular weight excluding hydrogens is 232 g/mol. The standard InChI is InChI=1S/C17H22N2/c1-13(2)11-17(8-4-9-19-17)16-6-3-5-14-12-18-10-7-15(14)16/h3,5-7,10,12-13,19H,4,8-9,11H2,1-2H3. The largest absolute Gasteiger partial charge is 0.307 e. The molecular formula is C17H22N2. The summed E-state index contributed by atoms with van der Waals surface area (Å²) >= 11 is 0. The second-order valence-corrected chi connectivity index (χ2v) is 6.11. The van der Waals surface area contributed by atoms with Crippen molar-refractivity contribution in [2.75, 3.05) is 6.54 Å². The van der Waals surface area contributed by atoms with E-state index in [-0.39, 0.29) is 5.54 Å². The van der Waals surface area contributed by atoms with E-state index in [0.717, 1.165) is 6.54 Å². The van der Waals surface area contributed by atoms with Crippen LogP contribution in [0.1, 0.15) is 38.7 Å². The fourth-order valence-electron chi connectivity index (χ4n) is 3.56. The first-order valence-electron chi connectivity index (χ1n) is 7.29. The number of hydrogen-bond acceptors (Lipinski definition) is 2. The Balaban J connectivity index is 2.15. The molecule has 100 valence electrons. The van der Waals surface area contributed by atoms with Crippen molar-refractivity contribution in [3.63, 3.8) is 0 Å².